The van der Waals surface area contributed by atoms with E-state index >= 15 is 0 Å². The molecule has 1 saturated carbocycles. The van der Waals surface area contributed by atoms with Crippen LogP contribution >= 0.6 is 0 Å². The molecule has 2 amide bonds. The van der Waals surface area contributed by atoms with E-state index in [2.05, 4.69) is 24.5 Å². The van der Waals surface area contributed by atoms with Crippen molar-refractivity contribution < 1.29 is 14.0 Å². The number of hydrogen-bond donors (Lipinski definition) is 2. The normalized spacial score (nSPS) is 20.0. The SMILES string of the molecule is CC1(C)CCC(NC(=O)CNC(=O)c2ccccc2F)C1. The van der Waals surface area contributed by atoms with Crippen LogP contribution in [0, 0.1) is 11.2 Å². The van der Waals surface area contributed by atoms with Gasteiger partial charge in [-0.2, -0.15) is 0 Å². The maximum absolute atomic E-state index is 13.4. The summed E-state index contributed by atoms with van der Waals surface area (Å²) in [5.41, 5.74) is 0.209. The van der Waals surface area contributed by atoms with Crippen LogP contribution in [0.1, 0.15) is 43.5 Å². The summed E-state index contributed by atoms with van der Waals surface area (Å²) in [5, 5.41) is 5.35. The summed E-state index contributed by atoms with van der Waals surface area (Å²) in [6, 6.07) is 5.87. The molecule has 2 rings (SSSR count). The lowest BCUT2D eigenvalue weighted by Gasteiger charge is -2.18. The second-order valence-electron chi connectivity index (χ2n) is 6.33. The van der Waals surface area contributed by atoms with E-state index in [4.69, 9.17) is 0 Å². The average Bonchev–Trinajstić information content (AvgIpc) is 2.75. The van der Waals surface area contributed by atoms with Gasteiger partial charge in [0.1, 0.15) is 5.82 Å². The van der Waals surface area contributed by atoms with Gasteiger partial charge in [0.2, 0.25) is 5.91 Å². The lowest BCUT2D eigenvalue weighted by atomic mass is 9.92. The zero-order chi connectivity index (χ0) is 15.5. The molecule has 1 unspecified atom stereocenters. The van der Waals surface area contributed by atoms with Crippen LogP contribution < -0.4 is 10.6 Å². The van der Waals surface area contributed by atoms with E-state index in [9.17, 15) is 14.0 Å². The van der Waals surface area contributed by atoms with E-state index in [1.807, 2.05) is 0 Å². The molecule has 0 radical (unpaired) electrons. The molecular weight excluding hydrogens is 271 g/mol. The summed E-state index contributed by atoms with van der Waals surface area (Å²) in [4.78, 5) is 23.6. The van der Waals surface area contributed by atoms with Crippen LogP contribution in [0.2, 0.25) is 0 Å². The summed E-state index contributed by atoms with van der Waals surface area (Å²) in [7, 11) is 0. The fraction of sp³-hybridized carbons (Fsp3) is 0.500. The van der Waals surface area contributed by atoms with Gasteiger partial charge in [-0.15, -0.1) is 0 Å². The van der Waals surface area contributed by atoms with Gasteiger partial charge in [-0.25, -0.2) is 4.39 Å². The summed E-state index contributed by atoms with van der Waals surface area (Å²) >= 11 is 0. The van der Waals surface area contributed by atoms with Crippen LogP contribution in [0.3, 0.4) is 0 Å². The molecule has 1 aromatic carbocycles. The first-order valence-corrected chi connectivity index (χ1v) is 7.19. The molecule has 1 fully saturated rings. The minimum Gasteiger partial charge on any atom is -0.352 e. The van der Waals surface area contributed by atoms with Gasteiger partial charge in [-0.3, -0.25) is 9.59 Å². The fourth-order valence-corrected chi connectivity index (χ4v) is 2.74. The quantitative estimate of drug-likeness (QED) is 0.894. The van der Waals surface area contributed by atoms with E-state index in [1.54, 1.807) is 6.07 Å². The first-order chi connectivity index (χ1) is 9.87. The Hall–Kier alpha value is -1.91. The topological polar surface area (TPSA) is 58.2 Å². The minimum absolute atomic E-state index is 0.0488. The van der Waals surface area contributed by atoms with Crippen molar-refractivity contribution in [2.24, 2.45) is 5.41 Å². The van der Waals surface area contributed by atoms with Crippen LogP contribution in [-0.4, -0.2) is 24.4 Å². The third-order valence-electron chi connectivity index (χ3n) is 3.86. The lowest BCUT2D eigenvalue weighted by molar-refractivity contribution is -0.120. The Morgan fingerprint density at radius 3 is 2.67 bits per heavy atom. The molecule has 1 atom stereocenters. The van der Waals surface area contributed by atoms with Crippen LogP contribution in [0.25, 0.3) is 0 Å². The van der Waals surface area contributed by atoms with E-state index in [0.717, 1.165) is 19.3 Å². The van der Waals surface area contributed by atoms with Gasteiger partial charge in [0, 0.05) is 6.04 Å². The predicted octanol–water partition coefficient (Wildman–Crippen LogP) is 2.25. The van der Waals surface area contributed by atoms with Gasteiger partial charge in [0.05, 0.1) is 12.1 Å². The third kappa shape index (κ3) is 4.28. The van der Waals surface area contributed by atoms with Crippen molar-refractivity contribution in [1.29, 1.82) is 0 Å². The Morgan fingerprint density at radius 2 is 2.05 bits per heavy atom. The Morgan fingerprint density at radius 1 is 1.33 bits per heavy atom. The van der Waals surface area contributed by atoms with Gasteiger partial charge in [0.25, 0.3) is 5.91 Å². The summed E-state index contributed by atoms with van der Waals surface area (Å²) < 4.78 is 13.4. The first kappa shape index (κ1) is 15.5. The van der Waals surface area contributed by atoms with E-state index in [0.29, 0.717) is 0 Å². The number of hydrogen-bond acceptors (Lipinski definition) is 2. The highest BCUT2D eigenvalue weighted by Crippen LogP contribution is 2.36. The number of nitrogens with one attached hydrogen (secondary N) is 2. The zero-order valence-electron chi connectivity index (χ0n) is 12.4. The van der Waals surface area contributed by atoms with Crippen molar-refractivity contribution in [2.75, 3.05) is 6.54 Å². The summed E-state index contributed by atoms with van der Waals surface area (Å²) in [6.45, 7) is 4.22. The molecule has 0 aliphatic heterocycles. The molecule has 1 aliphatic carbocycles. The van der Waals surface area contributed by atoms with Crippen molar-refractivity contribution in [2.45, 2.75) is 39.2 Å². The highest BCUT2D eigenvalue weighted by Gasteiger charge is 2.31. The maximum Gasteiger partial charge on any atom is 0.254 e. The number of carbonyl (C=O) groups is 2. The minimum atomic E-state index is -0.590. The molecule has 0 heterocycles. The van der Waals surface area contributed by atoms with Gasteiger partial charge in [-0.05, 0) is 36.8 Å². The van der Waals surface area contributed by atoms with Gasteiger partial charge >= 0.3 is 0 Å². The molecule has 0 aromatic heterocycles. The Labute approximate surface area is 124 Å². The zero-order valence-corrected chi connectivity index (χ0v) is 12.4. The molecule has 4 nitrogen and oxygen atoms in total. The van der Waals surface area contributed by atoms with Crippen molar-refractivity contribution in [1.82, 2.24) is 10.6 Å². The standard InChI is InChI=1S/C16H21FN2O2/c1-16(2)8-7-11(9-16)19-14(20)10-18-15(21)12-5-3-4-6-13(12)17/h3-6,11H,7-10H2,1-2H3,(H,18,21)(H,19,20). The molecule has 114 valence electrons. The highest BCUT2D eigenvalue weighted by molar-refractivity contribution is 5.96. The number of halogens is 1. The Kier molecular flexibility index (Phi) is 4.60. The molecule has 1 aromatic rings. The Bertz CT molecular complexity index is 543. The second-order valence-corrected chi connectivity index (χ2v) is 6.33. The molecule has 1 aliphatic rings. The van der Waals surface area contributed by atoms with Gasteiger partial charge < -0.3 is 10.6 Å². The third-order valence-corrected chi connectivity index (χ3v) is 3.86. The van der Waals surface area contributed by atoms with Crippen LogP contribution in [0.15, 0.2) is 24.3 Å². The smallest absolute Gasteiger partial charge is 0.254 e. The van der Waals surface area contributed by atoms with Crippen LogP contribution in [0.4, 0.5) is 4.39 Å². The van der Waals surface area contributed by atoms with Crippen molar-refractivity contribution in [3.63, 3.8) is 0 Å². The maximum atomic E-state index is 13.4. The van der Waals surface area contributed by atoms with Gasteiger partial charge in [0.15, 0.2) is 0 Å². The molecule has 0 saturated heterocycles. The fourth-order valence-electron chi connectivity index (χ4n) is 2.74. The average molecular weight is 292 g/mol. The number of rotatable bonds is 4. The number of amides is 2. The number of benzene rings is 1. The monoisotopic (exact) mass is 292 g/mol. The summed E-state index contributed by atoms with van der Waals surface area (Å²) in [5.74, 6) is -1.40. The Balaban J connectivity index is 1.79. The van der Waals surface area contributed by atoms with Gasteiger partial charge in [-0.1, -0.05) is 26.0 Å². The summed E-state index contributed by atoms with van der Waals surface area (Å²) in [6.07, 6.45) is 2.99. The molecular formula is C16H21FN2O2. The largest absolute Gasteiger partial charge is 0.352 e. The predicted molar refractivity (Wildman–Crippen MR) is 78.3 cm³/mol. The van der Waals surface area contributed by atoms with Crippen LogP contribution in [-0.2, 0) is 4.79 Å². The van der Waals surface area contributed by atoms with E-state index in [1.165, 1.54) is 18.2 Å². The van der Waals surface area contributed by atoms with Crippen LogP contribution in [0.5, 0.6) is 0 Å². The van der Waals surface area contributed by atoms with E-state index < -0.39 is 11.7 Å². The number of carbonyl (C=O) groups excluding carboxylic acids is 2. The van der Waals surface area contributed by atoms with Crippen molar-refractivity contribution in [3.8, 4) is 0 Å². The highest BCUT2D eigenvalue weighted by atomic mass is 19.1. The molecule has 5 heteroatoms. The molecule has 2 N–H and O–H groups in total. The van der Waals surface area contributed by atoms with Crippen molar-refractivity contribution in [3.05, 3.63) is 35.6 Å². The van der Waals surface area contributed by atoms with Crippen molar-refractivity contribution >= 4 is 11.8 Å². The molecule has 0 bridgehead atoms. The second kappa shape index (κ2) is 6.24. The lowest BCUT2D eigenvalue weighted by Crippen LogP contribution is -2.41. The van der Waals surface area contributed by atoms with E-state index in [-0.39, 0.29) is 29.5 Å². The molecule has 0 spiro atoms. The first-order valence-electron chi connectivity index (χ1n) is 7.19. The molecule has 21 heavy (non-hydrogen) atoms.